The van der Waals surface area contributed by atoms with E-state index in [4.69, 9.17) is 4.74 Å². The molecule has 0 aliphatic carbocycles. The number of nitrogens with zero attached hydrogens (tertiary/aromatic N) is 2. The summed E-state index contributed by atoms with van der Waals surface area (Å²) < 4.78 is 5.20. The standard InChI is InChI=1S/C19H27N3O5/c1-2-3-14-27-19(24)21-12-9-16(10-13-21)18(23)20-11-8-15-4-6-17(7-5-15)22(25)26/h4-7,16H,2-3,8-14H2,1H3,(H,20,23). The van der Waals surface area contributed by atoms with E-state index in [-0.39, 0.29) is 23.6 Å². The molecule has 1 aliphatic heterocycles. The Morgan fingerprint density at radius 1 is 1.26 bits per heavy atom. The molecule has 2 rings (SSSR count). The maximum atomic E-state index is 12.3. The van der Waals surface area contributed by atoms with E-state index in [1.54, 1.807) is 17.0 Å². The smallest absolute Gasteiger partial charge is 0.409 e. The molecule has 0 aromatic heterocycles. The fourth-order valence-electron chi connectivity index (χ4n) is 2.98. The predicted molar refractivity (Wildman–Crippen MR) is 100 cm³/mol. The maximum Gasteiger partial charge on any atom is 0.409 e. The summed E-state index contributed by atoms with van der Waals surface area (Å²) in [6, 6.07) is 6.33. The number of hydrogen-bond acceptors (Lipinski definition) is 5. The van der Waals surface area contributed by atoms with Gasteiger partial charge in [0.05, 0.1) is 11.5 Å². The number of unbranched alkanes of at least 4 members (excludes halogenated alkanes) is 1. The van der Waals surface area contributed by atoms with Crippen molar-refractivity contribution in [1.82, 2.24) is 10.2 Å². The Balaban J connectivity index is 1.67. The van der Waals surface area contributed by atoms with Crippen molar-refractivity contribution in [3.8, 4) is 0 Å². The van der Waals surface area contributed by atoms with E-state index in [0.717, 1.165) is 18.4 Å². The van der Waals surface area contributed by atoms with Crippen LogP contribution in [0.25, 0.3) is 0 Å². The number of carbonyl (C=O) groups is 2. The average Bonchev–Trinajstić information content (AvgIpc) is 2.68. The van der Waals surface area contributed by atoms with Gasteiger partial charge < -0.3 is 15.0 Å². The number of carbonyl (C=O) groups excluding carboxylic acids is 2. The van der Waals surface area contributed by atoms with Crippen LogP contribution in [-0.4, -0.2) is 48.1 Å². The van der Waals surface area contributed by atoms with E-state index in [2.05, 4.69) is 5.32 Å². The van der Waals surface area contributed by atoms with E-state index in [1.165, 1.54) is 12.1 Å². The van der Waals surface area contributed by atoms with Crippen molar-refractivity contribution < 1.29 is 19.2 Å². The largest absolute Gasteiger partial charge is 0.449 e. The molecule has 0 radical (unpaired) electrons. The summed E-state index contributed by atoms with van der Waals surface area (Å²) >= 11 is 0. The fourth-order valence-corrected chi connectivity index (χ4v) is 2.98. The van der Waals surface area contributed by atoms with Crippen LogP contribution >= 0.6 is 0 Å². The first-order valence-corrected chi connectivity index (χ1v) is 9.44. The van der Waals surface area contributed by atoms with Gasteiger partial charge in [-0.2, -0.15) is 0 Å². The number of piperidine rings is 1. The number of nitro groups is 1. The third kappa shape index (κ3) is 6.54. The van der Waals surface area contributed by atoms with E-state index in [0.29, 0.717) is 45.5 Å². The van der Waals surface area contributed by atoms with Crippen LogP contribution in [0.1, 0.15) is 38.2 Å². The molecule has 148 valence electrons. The zero-order valence-corrected chi connectivity index (χ0v) is 15.7. The molecule has 1 aromatic rings. The van der Waals surface area contributed by atoms with Crippen molar-refractivity contribution in [1.29, 1.82) is 0 Å². The van der Waals surface area contributed by atoms with Gasteiger partial charge in [0, 0.05) is 37.7 Å². The van der Waals surface area contributed by atoms with Gasteiger partial charge >= 0.3 is 6.09 Å². The van der Waals surface area contributed by atoms with Gasteiger partial charge in [0.1, 0.15) is 0 Å². The number of nitro benzene ring substituents is 1. The number of hydrogen-bond donors (Lipinski definition) is 1. The second-order valence-electron chi connectivity index (χ2n) is 6.69. The lowest BCUT2D eigenvalue weighted by molar-refractivity contribution is -0.384. The monoisotopic (exact) mass is 377 g/mol. The van der Waals surface area contributed by atoms with Crippen molar-refractivity contribution in [2.45, 2.75) is 39.0 Å². The van der Waals surface area contributed by atoms with Gasteiger partial charge in [-0.05, 0) is 31.2 Å². The van der Waals surface area contributed by atoms with E-state index in [9.17, 15) is 19.7 Å². The van der Waals surface area contributed by atoms with Gasteiger partial charge in [0.25, 0.3) is 5.69 Å². The van der Waals surface area contributed by atoms with Crippen LogP contribution in [0.2, 0.25) is 0 Å². The quantitative estimate of drug-likeness (QED) is 0.426. The fraction of sp³-hybridized carbons (Fsp3) is 0.579. The van der Waals surface area contributed by atoms with Gasteiger partial charge in [-0.15, -0.1) is 0 Å². The predicted octanol–water partition coefficient (Wildman–Crippen LogP) is 2.90. The Kier molecular flexibility index (Phi) is 8.03. The lowest BCUT2D eigenvalue weighted by atomic mass is 9.96. The first-order chi connectivity index (χ1) is 13.0. The number of non-ortho nitro benzene ring substituents is 1. The summed E-state index contributed by atoms with van der Waals surface area (Å²) in [6.45, 7) is 4.03. The second kappa shape index (κ2) is 10.5. The van der Waals surface area contributed by atoms with E-state index in [1.807, 2.05) is 6.92 Å². The highest BCUT2D eigenvalue weighted by molar-refractivity contribution is 5.79. The zero-order chi connectivity index (χ0) is 19.6. The molecule has 0 saturated carbocycles. The Hall–Kier alpha value is -2.64. The van der Waals surface area contributed by atoms with E-state index >= 15 is 0 Å². The Morgan fingerprint density at radius 2 is 1.93 bits per heavy atom. The van der Waals surface area contributed by atoms with Gasteiger partial charge in [-0.1, -0.05) is 25.5 Å². The van der Waals surface area contributed by atoms with Crippen LogP contribution in [0.5, 0.6) is 0 Å². The summed E-state index contributed by atoms with van der Waals surface area (Å²) in [5.41, 5.74) is 0.994. The molecule has 1 saturated heterocycles. The molecule has 0 bridgehead atoms. The SMILES string of the molecule is CCCCOC(=O)N1CCC(C(=O)NCCc2ccc([N+](=O)[O-])cc2)CC1. The van der Waals surface area contributed by atoms with Gasteiger partial charge in [0.15, 0.2) is 0 Å². The molecule has 0 unspecified atom stereocenters. The third-order valence-corrected chi connectivity index (χ3v) is 4.71. The number of likely N-dealkylation sites (tertiary alicyclic amines) is 1. The minimum absolute atomic E-state index is 0.00379. The molecule has 8 nitrogen and oxygen atoms in total. The number of amides is 2. The second-order valence-corrected chi connectivity index (χ2v) is 6.69. The Morgan fingerprint density at radius 3 is 2.52 bits per heavy atom. The average molecular weight is 377 g/mol. The van der Waals surface area contributed by atoms with Crippen LogP contribution < -0.4 is 5.32 Å². The number of benzene rings is 1. The van der Waals surface area contributed by atoms with Crippen LogP contribution in [0.15, 0.2) is 24.3 Å². The Bertz CT molecular complexity index is 639. The van der Waals surface area contributed by atoms with Crippen molar-refractivity contribution in [2.75, 3.05) is 26.2 Å². The lowest BCUT2D eigenvalue weighted by Gasteiger charge is -2.30. The highest BCUT2D eigenvalue weighted by Crippen LogP contribution is 2.18. The molecule has 0 atom stereocenters. The summed E-state index contributed by atoms with van der Waals surface area (Å²) in [5.74, 6) is -0.0996. The molecule has 27 heavy (non-hydrogen) atoms. The third-order valence-electron chi connectivity index (χ3n) is 4.71. The van der Waals surface area contributed by atoms with Gasteiger partial charge in [-0.3, -0.25) is 14.9 Å². The van der Waals surface area contributed by atoms with Crippen LogP contribution in [0.3, 0.4) is 0 Å². The molecule has 1 heterocycles. The van der Waals surface area contributed by atoms with Crippen molar-refractivity contribution in [3.63, 3.8) is 0 Å². The summed E-state index contributed by atoms with van der Waals surface area (Å²) in [4.78, 5) is 36.1. The lowest BCUT2D eigenvalue weighted by Crippen LogP contribution is -2.43. The molecule has 0 spiro atoms. The zero-order valence-electron chi connectivity index (χ0n) is 15.7. The highest BCUT2D eigenvalue weighted by atomic mass is 16.6. The minimum atomic E-state index is -0.433. The van der Waals surface area contributed by atoms with Crippen LogP contribution in [-0.2, 0) is 16.0 Å². The summed E-state index contributed by atoms with van der Waals surface area (Å²) in [6.07, 6.45) is 3.43. The molecular weight excluding hydrogens is 350 g/mol. The Labute approximate surface area is 159 Å². The molecule has 1 aromatic carbocycles. The van der Waals surface area contributed by atoms with Crippen molar-refractivity contribution in [3.05, 3.63) is 39.9 Å². The van der Waals surface area contributed by atoms with Gasteiger partial charge in [-0.25, -0.2) is 4.79 Å². The molecule has 1 N–H and O–H groups in total. The van der Waals surface area contributed by atoms with Crippen molar-refractivity contribution in [2.24, 2.45) is 5.92 Å². The first-order valence-electron chi connectivity index (χ1n) is 9.44. The minimum Gasteiger partial charge on any atom is -0.449 e. The number of nitrogens with one attached hydrogen (secondary N) is 1. The number of ether oxygens (including phenoxy) is 1. The maximum absolute atomic E-state index is 12.3. The summed E-state index contributed by atoms with van der Waals surface area (Å²) in [7, 11) is 0. The molecular formula is C19H27N3O5. The molecule has 1 aliphatic rings. The topological polar surface area (TPSA) is 102 Å². The van der Waals surface area contributed by atoms with Crippen molar-refractivity contribution >= 4 is 17.7 Å². The number of rotatable bonds is 8. The molecule has 2 amide bonds. The molecule has 1 fully saturated rings. The molecule has 8 heteroatoms. The van der Waals surface area contributed by atoms with E-state index < -0.39 is 4.92 Å². The van der Waals surface area contributed by atoms with Crippen LogP contribution in [0.4, 0.5) is 10.5 Å². The normalized spacial score (nSPS) is 14.6. The first kappa shape index (κ1) is 20.7. The summed E-state index contributed by atoms with van der Waals surface area (Å²) in [5, 5.41) is 13.6. The van der Waals surface area contributed by atoms with Gasteiger partial charge in [0.2, 0.25) is 5.91 Å². The highest BCUT2D eigenvalue weighted by Gasteiger charge is 2.27. The van der Waals surface area contributed by atoms with Crippen LogP contribution in [0, 0.1) is 16.0 Å².